The number of hydrogen-bond donors (Lipinski definition) is 2. The third-order valence-corrected chi connectivity index (χ3v) is 2.15. The molecule has 3 N–H and O–H groups in total. The first-order valence-electron chi connectivity index (χ1n) is 3.77. The van der Waals surface area contributed by atoms with Crippen LogP contribution in [-0.4, -0.2) is 5.11 Å². The third kappa shape index (κ3) is 1.54. The van der Waals surface area contributed by atoms with Gasteiger partial charge >= 0.3 is 0 Å². The zero-order valence-electron chi connectivity index (χ0n) is 7.13. The largest absolute Gasteiger partial charge is 0.507 e. The van der Waals surface area contributed by atoms with E-state index >= 15 is 0 Å². The number of halogens is 1. The molecule has 1 rings (SSSR count). The average molecular weight is 186 g/mol. The minimum atomic E-state index is -0.239. The van der Waals surface area contributed by atoms with E-state index in [4.69, 9.17) is 17.3 Å². The van der Waals surface area contributed by atoms with Crippen LogP contribution >= 0.6 is 11.6 Å². The molecule has 0 aliphatic carbocycles. The Balaban J connectivity index is 3.33. The van der Waals surface area contributed by atoms with Crippen LogP contribution in [0.1, 0.15) is 24.1 Å². The van der Waals surface area contributed by atoms with Gasteiger partial charge in [-0.3, -0.25) is 0 Å². The predicted octanol–water partition coefficient (Wildman–Crippen LogP) is 2.37. The lowest BCUT2D eigenvalue weighted by atomic mass is 10.0. The molecular weight excluding hydrogens is 174 g/mol. The number of rotatable bonds is 1. The Labute approximate surface area is 77.0 Å². The van der Waals surface area contributed by atoms with Gasteiger partial charge in [0, 0.05) is 16.6 Å². The van der Waals surface area contributed by atoms with E-state index in [2.05, 4.69) is 0 Å². The Bertz CT molecular complexity index is 297. The molecule has 2 nitrogen and oxygen atoms in total. The fraction of sp³-hybridized carbons (Fsp3) is 0.333. The molecule has 1 aromatic carbocycles. The van der Waals surface area contributed by atoms with E-state index in [0.29, 0.717) is 10.6 Å². The van der Waals surface area contributed by atoms with Gasteiger partial charge in [-0.2, -0.15) is 0 Å². The van der Waals surface area contributed by atoms with E-state index in [1.165, 1.54) is 0 Å². The van der Waals surface area contributed by atoms with Crippen LogP contribution in [0.3, 0.4) is 0 Å². The third-order valence-electron chi connectivity index (χ3n) is 1.82. The van der Waals surface area contributed by atoms with Crippen molar-refractivity contribution < 1.29 is 5.11 Å². The van der Waals surface area contributed by atoms with Gasteiger partial charge < -0.3 is 10.8 Å². The van der Waals surface area contributed by atoms with Crippen molar-refractivity contribution in [3.63, 3.8) is 0 Å². The lowest BCUT2D eigenvalue weighted by Gasteiger charge is -2.12. The molecule has 0 saturated carbocycles. The standard InChI is InChI=1S/C9H12ClNO/c1-5-3-4-7(10)8(6(2)11)9(5)12/h3-4,6,12H,11H2,1-2H3. The van der Waals surface area contributed by atoms with Gasteiger partial charge in [0.1, 0.15) is 5.75 Å². The average Bonchev–Trinajstić information content (AvgIpc) is 1.97. The molecule has 0 fully saturated rings. The van der Waals surface area contributed by atoms with Gasteiger partial charge in [-0.25, -0.2) is 0 Å². The minimum Gasteiger partial charge on any atom is -0.507 e. The first-order valence-corrected chi connectivity index (χ1v) is 4.15. The summed E-state index contributed by atoms with van der Waals surface area (Å²) in [7, 11) is 0. The van der Waals surface area contributed by atoms with Crippen molar-refractivity contribution in [2.75, 3.05) is 0 Å². The number of phenolic OH excluding ortho intramolecular Hbond substituents is 1. The highest BCUT2D eigenvalue weighted by Crippen LogP contribution is 2.32. The fourth-order valence-corrected chi connectivity index (χ4v) is 1.45. The number of benzene rings is 1. The molecule has 0 aliphatic rings. The molecule has 0 radical (unpaired) electrons. The fourth-order valence-electron chi connectivity index (χ4n) is 1.13. The quantitative estimate of drug-likeness (QED) is 0.706. The molecule has 12 heavy (non-hydrogen) atoms. The van der Waals surface area contributed by atoms with Crippen molar-refractivity contribution in [2.24, 2.45) is 5.73 Å². The van der Waals surface area contributed by atoms with Crippen LogP contribution in [0.25, 0.3) is 0 Å². The zero-order chi connectivity index (χ0) is 9.30. The summed E-state index contributed by atoms with van der Waals surface area (Å²) in [5, 5.41) is 10.1. The van der Waals surface area contributed by atoms with Crippen LogP contribution in [0.5, 0.6) is 5.75 Å². The molecule has 1 aromatic rings. The molecule has 0 aromatic heterocycles. The number of nitrogens with two attached hydrogens (primary N) is 1. The van der Waals surface area contributed by atoms with Gasteiger partial charge in [0.05, 0.1) is 0 Å². The number of aryl methyl sites for hydroxylation is 1. The van der Waals surface area contributed by atoms with E-state index in [-0.39, 0.29) is 11.8 Å². The Morgan fingerprint density at radius 1 is 1.50 bits per heavy atom. The van der Waals surface area contributed by atoms with Crippen LogP contribution in [0, 0.1) is 6.92 Å². The second-order valence-corrected chi connectivity index (χ2v) is 3.32. The Morgan fingerprint density at radius 2 is 2.08 bits per heavy atom. The Morgan fingerprint density at radius 3 is 2.50 bits per heavy atom. The summed E-state index contributed by atoms with van der Waals surface area (Å²) >= 11 is 5.86. The SMILES string of the molecule is Cc1ccc(Cl)c(C(C)N)c1O. The van der Waals surface area contributed by atoms with Crippen molar-refractivity contribution >= 4 is 11.6 Å². The maximum absolute atomic E-state index is 9.58. The van der Waals surface area contributed by atoms with E-state index in [0.717, 1.165) is 5.56 Å². The van der Waals surface area contributed by atoms with E-state index in [9.17, 15) is 5.11 Å². The minimum absolute atomic E-state index is 0.206. The van der Waals surface area contributed by atoms with Crippen molar-refractivity contribution in [2.45, 2.75) is 19.9 Å². The second-order valence-electron chi connectivity index (χ2n) is 2.92. The zero-order valence-corrected chi connectivity index (χ0v) is 7.89. The van der Waals surface area contributed by atoms with E-state index in [1.54, 1.807) is 19.1 Å². The summed E-state index contributed by atoms with van der Waals surface area (Å²) in [4.78, 5) is 0. The highest BCUT2D eigenvalue weighted by Gasteiger charge is 2.12. The van der Waals surface area contributed by atoms with E-state index < -0.39 is 0 Å². The lowest BCUT2D eigenvalue weighted by Crippen LogP contribution is -2.06. The van der Waals surface area contributed by atoms with Crippen molar-refractivity contribution in [3.05, 3.63) is 28.3 Å². The van der Waals surface area contributed by atoms with Crippen molar-refractivity contribution in [1.82, 2.24) is 0 Å². The summed E-state index contributed by atoms with van der Waals surface area (Å²) in [6.45, 7) is 3.61. The highest BCUT2D eigenvalue weighted by molar-refractivity contribution is 6.31. The maximum Gasteiger partial charge on any atom is 0.124 e. The maximum atomic E-state index is 9.58. The number of aromatic hydroxyl groups is 1. The van der Waals surface area contributed by atoms with Crippen LogP contribution in [-0.2, 0) is 0 Å². The second kappa shape index (κ2) is 3.33. The van der Waals surface area contributed by atoms with Gasteiger partial charge in [-0.05, 0) is 25.5 Å². The van der Waals surface area contributed by atoms with Crippen molar-refractivity contribution in [3.8, 4) is 5.75 Å². The lowest BCUT2D eigenvalue weighted by molar-refractivity contribution is 0.459. The molecule has 3 heteroatoms. The van der Waals surface area contributed by atoms with Crippen LogP contribution in [0.2, 0.25) is 5.02 Å². The van der Waals surface area contributed by atoms with Crippen molar-refractivity contribution in [1.29, 1.82) is 0 Å². The van der Waals surface area contributed by atoms with Gasteiger partial charge in [0.2, 0.25) is 0 Å². The summed E-state index contributed by atoms with van der Waals surface area (Å²) < 4.78 is 0. The van der Waals surface area contributed by atoms with Crippen LogP contribution in [0.4, 0.5) is 0 Å². The van der Waals surface area contributed by atoms with Gasteiger partial charge in [0.25, 0.3) is 0 Å². The molecule has 0 bridgehead atoms. The summed E-state index contributed by atoms with van der Waals surface area (Å²) in [5.74, 6) is 0.206. The summed E-state index contributed by atoms with van der Waals surface area (Å²) in [5.41, 5.74) is 7.06. The molecular formula is C9H12ClNO. The first-order chi connectivity index (χ1) is 5.54. The normalized spacial score (nSPS) is 13.0. The van der Waals surface area contributed by atoms with Gasteiger partial charge in [0.15, 0.2) is 0 Å². The van der Waals surface area contributed by atoms with Gasteiger partial charge in [-0.15, -0.1) is 0 Å². The molecule has 0 heterocycles. The molecule has 66 valence electrons. The number of phenols is 1. The molecule has 0 spiro atoms. The molecule has 1 unspecified atom stereocenters. The molecule has 0 saturated heterocycles. The van der Waals surface area contributed by atoms with E-state index in [1.807, 2.05) is 6.92 Å². The summed E-state index contributed by atoms with van der Waals surface area (Å²) in [6.07, 6.45) is 0. The molecule has 0 amide bonds. The smallest absolute Gasteiger partial charge is 0.124 e. The summed E-state index contributed by atoms with van der Waals surface area (Å²) in [6, 6.07) is 3.27. The first kappa shape index (κ1) is 9.36. The molecule has 0 aliphatic heterocycles. The Kier molecular flexibility index (Phi) is 2.60. The predicted molar refractivity (Wildman–Crippen MR) is 50.5 cm³/mol. The monoisotopic (exact) mass is 185 g/mol. The topological polar surface area (TPSA) is 46.2 Å². The van der Waals surface area contributed by atoms with Crippen LogP contribution in [0.15, 0.2) is 12.1 Å². The Hall–Kier alpha value is -0.730. The number of hydrogen-bond acceptors (Lipinski definition) is 2. The molecule has 1 atom stereocenters. The van der Waals surface area contributed by atoms with Crippen LogP contribution < -0.4 is 5.73 Å². The highest BCUT2D eigenvalue weighted by atomic mass is 35.5. The van der Waals surface area contributed by atoms with Gasteiger partial charge in [-0.1, -0.05) is 17.7 Å².